The first kappa shape index (κ1) is 17.6. The van der Waals surface area contributed by atoms with Crippen molar-refractivity contribution >= 4 is 22.6 Å². The van der Waals surface area contributed by atoms with Gasteiger partial charge < -0.3 is 9.47 Å². The minimum absolute atomic E-state index is 0.382. The van der Waals surface area contributed by atoms with Gasteiger partial charge in [-0.25, -0.2) is 0 Å². The summed E-state index contributed by atoms with van der Waals surface area (Å²) in [6, 6.07) is 21.6. The summed E-state index contributed by atoms with van der Waals surface area (Å²) in [7, 11) is 0. The van der Waals surface area contributed by atoms with Crippen molar-refractivity contribution in [1.82, 2.24) is 0 Å². The van der Waals surface area contributed by atoms with E-state index in [2.05, 4.69) is 33.4 Å². The second-order valence-corrected chi connectivity index (χ2v) is 6.29. The van der Waals surface area contributed by atoms with Crippen molar-refractivity contribution in [2.45, 2.75) is 6.36 Å². The highest BCUT2D eigenvalue weighted by Crippen LogP contribution is 2.34. The first-order valence-corrected chi connectivity index (χ1v) is 8.29. The molecule has 0 saturated heterocycles. The van der Waals surface area contributed by atoms with Crippen molar-refractivity contribution in [3.05, 3.63) is 76.4 Å². The number of para-hydroxylation sites is 1. The molecule has 0 saturated carbocycles. The Bertz CT molecular complexity index is 861. The molecule has 0 aliphatic rings. The SMILES string of the molecule is FC(F)(F)Oc1[c]cc(-c2ccccc2Oc2cccc(I)c2)cc1. The molecule has 127 valence electrons. The lowest BCUT2D eigenvalue weighted by atomic mass is 10.0. The minimum Gasteiger partial charge on any atom is -0.457 e. The Morgan fingerprint density at radius 2 is 1.72 bits per heavy atom. The number of halogens is 4. The van der Waals surface area contributed by atoms with Crippen LogP contribution in [0.2, 0.25) is 0 Å². The van der Waals surface area contributed by atoms with Gasteiger partial charge in [-0.1, -0.05) is 30.3 Å². The van der Waals surface area contributed by atoms with E-state index in [0.29, 0.717) is 17.1 Å². The van der Waals surface area contributed by atoms with Crippen LogP contribution in [0.25, 0.3) is 11.1 Å². The lowest BCUT2D eigenvalue weighted by molar-refractivity contribution is -0.274. The molecule has 6 heteroatoms. The maximum absolute atomic E-state index is 12.2. The van der Waals surface area contributed by atoms with Crippen molar-refractivity contribution in [2.75, 3.05) is 0 Å². The highest BCUT2D eigenvalue weighted by molar-refractivity contribution is 14.1. The van der Waals surface area contributed by atoms with Crippen LogP contribution in [0.1, 0.15) is 0 Å². The molecule has 0 atom stereocenters. The van der Waals surface area contributed by atoms with Gasteiger partial charge in [0.15, 0.2) is 0 Å². The number of hydrogen-bond acceptors (Lipinski definition) is 2. The second kappa shape index (κ2) is 7.35. The van der Waals surface area contributed by atoms with Crippen LogP contribution in [0.3, 0.4) is 0 Å². The maximum Gasteiger partial charge on any atom is 0.573 e. The Labute approximate surface area is 156 Å². The van der Waals surface area contributed by atoms with E-state index >= 15 is 0 Å². The summed E-state index contributed by atoms with van der Waals surface area (Å²) in [5.74, 6) is 0.898. The highest BCUT2D eigenvalue weighted by atomic mass is 127. The Morgan fingerprint density at radius 1 is 0.920 bits per heavy atom. The lowest BCUT2D eigenvalue weighted by Gasteiger charge is -2.12. The van der Waals surface area contributed by atoms with Gasteiger partial charge in [0.1, 0.15) is 17.2 Å². The molecule has 0 heterocycles. The molecule has 2 nitrogen and oxygen atoms in total. The monoisotopic (exact) mass is 455 g/mol. The van der Waals surface area contributed by atoms with E-state index in [1.165, 1.54) is 18.2 Å². The van der Waals surface area contributed by atoms with Gasteiger partial charge in [0.25, 0.3) is 0 Å². The number of rotatable bonds is 4. The standard InChI is InChI=1S/C19H11F3IO2/c20-19(21,22)25-15-10-8-13(9-11-15)17-6-1-2-7-18(17)24-16-5-3-4-14(23)12-16/h1-10,12H. The van der Waals surface area contributed by atoms with Gasteiger partial charge in [-0.3, -0.25) is 0 Å². The molecule has 3 aromatic rings. The minimum atomic E-state index is -4.73. The summed E-state index contributed by atoms with van der Waals surface area (Å²) in [5, 5.41) is 0. The third-order valence-electron chi connectivity index (χ3n) is 3.23. The molecule has 1 radical (unpaired) electrons. The molecule has 0 aliphatic carbocycles. The zero-order chi connectivity index (χ0) is 17.9. The van der Waals surface area contributed by atoms with Crippen LogP contribution < -0.4 is 9.47 Å². The number of alkyl halides is 3. The van der Waals surface area contributed by atoms with Gasteiger partial charge in [0, 0.05) is 15.2 Å². The summed E-state index contributed by atoms with van der Waals surface area (Å²) in [6.07, 6.45) is -4.73. The average molecular weight is 455 g/mol. The Kier molecular flexibility index (Phi) is 5.17. The van der Waals surface area contributed by atoms with E-state index in [9.17, 15) is 13.2 Å². The predicted molar refractivity (Wildman–Crippen MR) is 96.6 cm³/mol. The fourth-order valence-electron chi connectivity index (χ4n) is 2.22. The number of ether oxygens (including phenoxy) is 2. The summed E-state index contributed by atoms with van der Waals surface area (Å²) < 4.78 is 47.5. The van der Waals surface area contributed by atoms with Crippen molar-refractivity contribution in [2.24, 2.45) is 0 Å². The van der Waals surface area contributed by atoms with Crippen molar-refractivity contribution in [3.8, 4) is 28.4 Å². The first-order valence-electron chi connectivity index (χ1n) is 7.21. The van der Waals surface area contributed by atoms with Crippen LogP contribution in [-0.2, 0) is 0 Å². The van der Waals surface area contributed by atoms with Crippen molar-refractivity contribution in [3.63, 3.8) is 0 Å². The quantitative estimate of drug-likeness (QED) is 0.421. The molecule has 25 heavy (non-hydrogen) atoms. The van der Waals surface area contributed by atoms with Crippen LogP contribution in [0.4, 0.5) is 13.2 Å². The highest BCUT2D eigenvalue weighted by Gasteiger charge is 2.31. The van der Waals surface area contributed by atoms with Crippen LogP contribution >= 0.6 is 22.6 Å². The van der Waals surface area contributed by atoms with Crippen LogP contribution in [-0.4, -0.2) is 6.36 Å². The van der Waals surface area contributed by atoms with Gasteiger partial charge >= 0.3 is 6.36 Å². The van der Waals surface area contributed by atoms with Gasteiger partial charge in [-0.15, -0.1) is 13.2 Å². The lowest BCUT2D eigenvalue weighted by Crippen LogP contribution is -2.17. The summed E-state index contributed by atoms with van der Waals surface area (Å²) in [4.78, 5) is 0. The maximum atomic E-state index is 12.2. The summed E-state index contributed by atoms with van der Waals surface area (Å²) in [5.41, 5.74) is 1.42. The molecule has 0 spiro atoms. The zero-order valence-corrected chi connectivity index (χ0v) is 14.8. The molecule has 0 amide bonds. The molecule has 0 N–H and O–H groups in total. The normalized spacial score (nSPS) is 11.2. The van der Waals surface area contributed by atoms with Gasteiger partial charge in [-0.05, 0) is 64.6 Å². The zero-order valence-electron chi connectivity index (χ0n) is 12.7. The van der Waals surface area contributed by atoms with Crippen LogP contribution in [0.5, 0.6) is 17.2 Å². The molecule has 0 unspecified atom stereocenters. The summed E-state index contributed by atoms with van der Waals surface area (Å²) in [6.45, 7) is 0. The smallest absolute Gasteiger partial charge is 0.457 e. The molecule has 0 aliphatic heterocycles. The van der Waals surface area contributed by atoms with E-state index in [1.54, 1.807) is 6.07 Å². The van der Waals surface area contributed by atoms with E-state index in [-0.39, 0.29) is 5.75 Å². The molecule has 3 aromatic carbocycles. The average Bonchev–Trinajstić information content (AvgIpc) is 2.55. The van der Waals surface area contributed by atoms with Crippen LogP contribution in [0.15, 0.2) is 66.7 Å². The fourth-order valence-corrected chi connectivity index (χ4v) is 2.73. The van der Waals surface area contributed by atoms with Gasteiger partial charge in [-0.2, -0.15) is 0 Å². The van der Waals surface area contributed by atoms with E-state index in [1.807, 2.05) is 42.5 Å². The summed E-state index contributed by atoms with van der Waals surface area (Å²) >= 11 is 2.19. The third kappa shape index (κ3) is 4.88. The molecule has 3 rings (SSSR count). The number of benzene rings is 3. The van der Waals surface area contributed by atoms with Crippen LogP contribution in [0, 0.1) is 9.64 Å². The number of hydrogen-bond donors (Lipinski definition) is 0. The first-order chi connectivity index (χ1) is 11.9. The Morgan fingerprint density at radius 3 is 2.40 bits per heavy atom. The Hall–Kier alpha value is -2.22. The molecular weight excluding hydrogens is 444 g/mol. The third-order valence-corrected chi connectivity index (χ3v) is 3.90. The molecule has 0 bridgehead atoms. The predicted octanol–water partition coefficient (Wildman–Crippen LogP) is 6.45. The Balaban J connectivity index is 1.88. The van der Waals surface area contributed by atoms with Gasteiger partial charge in [0.05, 0.1) is 0 Å². The molecule has 0 aromatic heterocycles. The topological polar surface area (TPSA) is 18.5 Å². The molecule has 0 fully saturated rings. The molecular formula is C19H11F3IO2. The van der Waals surface area contributed by atoms with Crippen molar-refractivity contribution in [1.29, 1.82) is 0 Å². The second-order valence-electron chi connectivity index (χ2n) is 5.04. The van der Waals surface area contributed by atoms with E-state index in [4.69, 9.17) is 4.74 Å². The fraction of sp³-hybridized carbons (Fsp3) is 0.0526. The van der Waals surface area contributed by atoms with E-state index < -0.39 is 6.36 Å². The largest absolute Gasteiger partial charge is 0.573 e. The van der Waals surface area contributed by atoms with E-state index in [0.717, 1.165) is 9.13 Å². The van der Waals surface area contributed by atoms with Gasteiger partial charge in [0.2, 0.25) is 0 Å². The van der Waals surface area contributed by atoms with Crippen molar-refractivity contribution < 1.29 is 22.6 Å².